The second-order valence-corrected chi connectivity index (χ2v) is 4.21. The van der Waals surface area contributed by atoms with Gasteiger partial charge in [0.1, 0.15) is 0 Å². The fourth-order valence-electron chi connectivity index (χ4n) is 1.96. The summed E-state index contributed by atoms with van der Waals surface area (Å²) in [7, 11) is 5.13. The molecule has 1 aliphatic rings. The molecule has 1 heterocycles. The van der Waals surface area contributed by atoms with Gasteiger partial charge >= 0.3 is 5.97 Å². The van der Waals surface area contributed by atoms with Crippen molar-refractivity contribution >= 4 is 11.9 Å². The highest BCUT2D eigenvalue weighted by Gasteiger charge is 2.33. The monoisotopic (exact) mass is 229 g/mol. The molecule has 0 aromatic rings. The van der Waals surface area contributed by atoms with E-state index < -0.39 is 12.0 Å². The molecular formula is C10H19N3O3. The van der Waals surface area contributed by atoms with Crippen LogP contribution in [0.4, 0.5) is 0 Å². The van der Waals surface area contributed by atoms with Crippen molar-refractivity contribution in [2.75, 3.05) is 34.2 Å². The van der Waals surface area contributed by atoms with Gasteiger partial charge in [-0.15, -0.1) is 0 Å². The average Bonchev–Trinajstić information content (AvgIpc) is 2.64. The Hall–Kier alpha value is -1.14. The van der Waals surface area contributed by atoms with E-state index >= 15 is 0 Å². The topological polar surface area (TPSA) is 72.9 Å². The molecule has 2 N–H and O–H groups in total. The highest BCUT2D eigenvalue weighted by molar-refractivity contribution is 6.01. The molecule has 0 aromatic carbocycles. The summed E-state index contributed by atoms with van der Waals surface area (Å²) in [4.78, 5) is 26.4. The minimum atomic E-state index is -1.14. The first-order valence-electron chi connectivity index (χ1n) is 5.32. The van der Waals surface area contributed by atoms with Gasteiger partial charge < -0.3 is 14.9 Å². The number of rotatable bonds is 4. The molecule has 1 rings (SSSR count). The number of likely N-dealkylation sites (N-methyl/N-ethyl adjacent to an activating group) is 3. The molecule has 1 amide bonds. The van der Waals surface area contributed by atoms with Crippen molar-refractivity contribution in [3.8, 4) is 0 Å². The molecule has 0 aromatic heterocycles. The Bertz CT molecular complexity index is 282. The molecule has 0 bridgehead atoms. The van der Waals surface area contributed by atoms with Crippen LogP contribution >= 0.6 is 0 Å². The van der Waals surface area contributed by atoms with Crippen molar-refractivity contribution in [2.24, 2.45) is 0 Å². The van der Waals surface area contributed by atoms with Crippen molar-refractivity contribution in [3.05, 3.63) is 0 Å². The number of aliphatic carboxylic acids is 1. The third kappa shape index (κ3) is 2.70. The molecule has 6 heteroatoms. The number of carboxylic acids is 1. The summed E-state index contributed by atoms with van der Waals surface area (Å²) >= 11 is 0. The largest absolute Gasteiger partial charge is 0.480 e. The second kappa shape index (κ2) is 5.27. The lowest BCUT2D eigenvalue weighted by molar-refractivity contribution is -0.147. The number of carbonyl (C=O) groups excluding carboxylic acids is 1. The summed E-state index contributed by atoms with van der Waals surface area (Å²) < 4.78 is 0. The first kappa shape index (κ1) is 12.9. The van der Waals surface area contributed by atoms with Gasteiger partial charge in [-0.1, -0.05) is 0 Å². The van der Waals surface area contributed by atoms with Crippen molar-refractivity contribution < 1.29 is 14.7 Å². The first-order chi connectivity index (χ1) is 7.47. The molecule has 0 saturated carbocycles. The van der Waals surface area contributed by atoms with E-state index in [-0.39, 0.29) is 11.9 Å². The number of likely N-dealkylation sites (tertiary alicyclic amines) is 1. The SMILES string of the molecule is CNC(C(=O)O)C(=O)N(C)C1CCN(C)C1. The fourth-order valence-corrected chi connectivity index (χ4v) is 1.96. The molecule has 1 saturated heterocycles. The number of nitrogens with zero attached hydrogens (tertiary/aromatic N) is 2. The number of amides is 1. The second-order valence-electron chi connectivity index (χ2n) is 4.21. The summed E-state index contributed by atoms with van der Waals surface area (Å²) in [5.41, 5.74) is 0. The molecule has 0 radical (unpaired) electrons. The number of carboxylic acid groups (broad SMARTS) is 1. The predicted octanol–water partition coefficient (Wildman–Crippen LogP) is -1.18. The standard InChI is InChI=1S/C10H19N3O3/c1-11-8(10(15)16)9(14)13(3)7-4-5-12(2)6-7/h7-8,11H,4-6H2,1-3H3,(H,15,16). The molecule has 1 aliphatic heterocycles. The lowest BCUT2D eigenvalue weighted by Crippen LogP contribution is -2.51. The van der Waals surface area contributed by atoms with Crippen LogP contribution in [0.2, 0.25) is 0 Å². The normalized spacial score (nSPS) is 23.1. The molecule has 2 unspecified atom stereocenters. The zero-order valence-electron chi connectivity index (χ0n) is 9.93. The number of nitrogens with one attached hydrogen (secondary N) is 1. The molecule has 0 spiro atoms. The Labute approximate surface area is 95.2 Å². The summed E-state index contributed by atoms with van der Waals surface area (Å²) in [6.45, 7) is 1.75. The molecule has 0 aliphatic carbocycles. The van der Waals surface area contributed by atoms with Crippen molar-refractivity contribution in [3.63, 3.8) is 0 Å². The van der Waals surface area contributed by atoms with Crippen LogP contribution in [0.1, 0.15) is 6.42 Å². The Kier molecular flexibility index (Phi) is 4.26. The quantitative estimate of drug-likeness (QED) is 0.594. The number of carbonyl (C=O) groups is 2. The Morgan fingerprint density at radius 3 is 2.56 bits per heavy atom. The number of hydrogen-bond acceptors (Lipinski definition) is 4. The van der Waals surface area contributed by atoms with Gasteiger partial charge in [-0.25, -0.2) is 4.79 Å². The Morgan fingerprint density at radius 2 is 2.19 bits per heavy atom. The zero-order valence-corrected chi connectivity index (χ0v) is 9.93. The van der Waals surface area contributed by atoms with Gasteiger partial charge in [0.25, 0.3) is 5.91 Å². The van der Waals surface area contributed by atoms with Crippen LogP contribution < -0.4 is 5.32 Å². The fraction of sp³-hybridized carbons (Fsp3) is 0.800. The van der Waals surface area contributed by atoms with Gasteiger partial charge in [-0.2, -0.15) is 0 Å². The van der Waals surface area contributed by atoms with Gasteiger partial charge in [0, 0.05) is 19.6 Å². The lowest BCUT2D eigenvalue weighted by Gasteiger charge is -2.26. The van der Waals surface area contributed by atoms with Crippen LogP contribution in [0.15, 0.2) is 0 Å². The van der Waals surface area contributed by atoms with Crippen LogP contribution in [0, 0.1) is 0 Å². The highest BCUT2D eigenvalue weighted by Crippen LogP contribution is 2.13. The summed E-state index contributed by atoms with van der Waals surface area (Å²) in [6.07, 6.45) is 0.898. The van der Waals surface area contributed by atoms with E-state index in [1.807, 2.05) is 7.05 Å². The first-order valence-corrected chi connectivity index (χ1v) is 5.32. The third-order valence-corrected chi connectivity index (χ3v) is 3.04. The maximum Gasteiger partial charge on any atom is 0.330 e. The van der Waals surface area contributed by atoms with Crippen molar-refractivity contribution in [1.82, 2.24) is 15.1 Å². The van der Waals surface area contributed by atoms with Gasteiger partial charge in [0.15, 0.2) is 6.04 Å². The minimum Gasteiger partial charge on any atom is -0.480 e. The highest BCUT2D eigenvalue weighted by atomic mass is 16.4. The zero-order chi connectivity index (χ0) is 12.3. The van der Waals surface area contributed by atoms with Crippen molar-refractivity contribution in [1.29, 1.82) is 0 Å². The molecule has 16 heavy (non-hydrogen) atoms. The third-order valence-electron chi connectivity index (χ3n) is 3.04. The van der Waals surface area contributed by atoms with E-state index in [1.54, 1.807) is 11.9 Å². The summed E-state index contributed by atoms with van der Waals surface area (Å²) in [6, 6.07) is -1.02. The van der Waals surface area contributed by atoms with Crippen molar-refractivity contribution in [2.45, 2.75) is 18.5 Å². The van der Waals surface area contributed by atoms with E-state index in [0.29, 0.717) is 0 Å². The average molecular weight is 229 g/mol. The predicted molar refractivity (Wildman–Crippen MR) is 59.2 cm³/mol. The summed E-state index contributed by atoms with van der Waals surface area (Å²) in [5.74, 6) is -1.51. The minimum absolute atomic E-state index is 0.118. The van der Waals surface area contributed by atoms with Crippen LogP contribution in [-0.4, -0.2) is 73.1 Å². The maximum atomic E-state index is 11.9. The van der Waals surface area contributed by atoms with Gasteiger partial charge in [0.05, 0.1) is 0 Å². The summed E-state index contributed by atoms with van der Waals surface area (Å²) in [5, 5.41) is 11.4. The van der Waals surface area contributed by atoms with Crippen LogP contribution in [0.25, 0.3) is 0 Å². The van der Waals surface area contributed by atoms with Crippen LogP contribution in [0.3, 0.4) is 0 Å². The molecule has 92 valence electrons. The van der Waals surface area contributed by atoms with E-state index in [0.717, 1.165) is 19.5 Å². The molecule has 6 nitrogen and oxygen atoms in total. The van der Waals surface area contributed by atoms with Gasteiger partial charge in [-0.05, 0) is 27.1 Å². The van der Waals surface area contributed by atoms with E-state index in [4.69, 9.17) is 5.11 Å². The van der Waals surface area contributed by atoms with E-state index in [1.165, 1.54) is 7.05 Å². The Morgan fingerprint density at radius 1 is 1.56 bits per heavy atom. The maximum absolute atomic E-state index is 11.9. The Balaban J connectivity index is 2.62. The molecular weight excluding hydrogens is 210 g/mol. The smallest absolute Gasteiger partial charge is 0.330 e. The molecule has 2 atom stereocenters. The van der Waals surface area contributed by atoms with E-state index in [9.17, 15) is 9.59 Å². The van der Waals surface area contributed by atoms with Gasteiger partial charge in [0.2, 0.25) is 0 Å². The van der Waals surface area contributed by atoms with E-state index in [2.05, 4.69) is 10.2 Å². The van der Waals surface area contributed by atoms with Crippen LogP contribution in [0.5, 0.6) is 0 Å². The van der Waals surface area contributed by atoms with Crippen LogP contribution in [-0.2, 0) is 9.59 Å². The number of hydrogen-bond donors (Lipinski definition) is 2. The molecule has 1 fully saturated rings. The lowest BCUT2D eigenvalue weighted by atomic mass is 10.2. The van der Waals surface area contributed by atoms with Gasteiger partial charge in [-0.3, -0.25) is 10.1 Å².